The molecule has 3 unspecified atom stereocenters. The van der Waals surface area contributed by atoms with E-state index in [9.17, 15) is 24.3 Å². The number of nitrogens with one attached hydrogen (secondary N) is 2. The lowest BCUT2D eigenvalue weighted by atomic mass is 9.94. The van der Waals surface area contributed by atoms with Crippen molar-refractivity contribution in [2.75, 3.05) is 6.54 Å². The zero-order valence-corrected chi connectivity index (χ0v) is 16.9. The molecule has 0 aromatic heterocycles. The van der Waals surface area contributed by atoms with Gasteiger partial charge in [0.25, 0.3) is 0 Å². The Morgan fingerprint density at radius 1 is 1.18 bits per heavy atom. The second-order valence-corrected chi connectivity index (χ2v) is 7.69. The molecule has 0 bridgehead atoms. The first-order valence-corrected chi connectivity index (χ1v) is 9.99. The van der Waals surface area contributed by atoms with Crippen LogP contribution in [0.1, 0.15) is 65.7 Å². The fraction of sp³-hybridized carbons (Fsp3) is 0.789. The highest BCUT2D eigenvalue weighted by Crippen LogP contribution is 2.21. The van der Waals surface area contributed by atoms with Crippen molar-refractivity contribution in [1.82, 2.24) is 15.7 Å². The van der Waals surface area contributed by atoms with Crippen LogP contribution in [0.15, 0.2) is 0 Å². The van der Waals surface area contributed by atoms with Gasteiger partial charge in [-0.05, 0) is 25.2 Å². The van der Waals surface area contributed by atoms with Crippen LogP contribution in [0.25, 0.3) is 0 Å². The highest BCUT2D eigenvalue weighted by Gasteiger charge is 2.39. The number of aliphatic carboxylic acids is 1. The molecule has 1 aliphatic heterocycles. The van der Waals surface area contributed by atoms with Gasteiger partial charge in [-0.25, -0.2) is 10.3 Å². The maximum atomic E-state index is 12.9. The second-order valence-electron chi connectivity index (χ2n) is 7.69. The quantitative estimate of drug-likeness (QED) is 0.235. The van der Waals surface area contributed by atoms with Crippen molar-refractivity contribution in [2.45, 2.75) is 77.8 Å². The van der Waals surface area contributed by atoms with Gasteiger partial charge in [0.2, 0.25) is 17.7 Å². The highest BCUT2D eigenvalue weighted by atomic mass is 16.5. The molecule has 0 aliphatic carbocycles. The Labute approximate surface area is 165 Å². The van der Waals surface area contributed by atoms with Crippen molar-refractivity contribution in [3.63, 3.8) is 0 Å². The van der Waals surface area contributed by atoms with Gasteiger partial charge in [-0.15, -0.1) is 0 Å². The van der Waals surface area contributed by atoms with Crippen LogP contribution in [0.4, 0.5) is 0 Å². The number of amides is 3. The molecule has 3 atom stereocenters. The molecule has 0 spiro atoms. The van der Waals surface area contributed by atoms with Gasteiger partial charge in [0.1, 0.15) is 12.1 Å². The number of nitrogens with zero attached hydrogens (tertiary/aromatic N) is 1. The number of carboxylic acids is 1. The van der Waals surface area contributed by atoms with E-state index in [2.05, 4.69) is 5.32 Å². The average Bonchev–Trinajstić information content (AvgIpc) is 3.14. The number of carboxylic acid groups (broad SMARTS) is 1. The monoisotopic (exact) mass is 399 g/mol. The minimum Gasteiger partial charge on any atom is -0.480 e. The van der Waals surface area contributed by atoms with E-state index in [1.807, 2.05) is 6.92 Å². The Balaban J connectivity index is 2.88. The third-order valence-corrected chi connectivity index (χ3v) is 5.13. The molecular formula is C19H33N3O6. The molecule has 9 heteroatoms. The largest absolute Gasteiger partial charge is 0.480 e. The molecule has 3 amide bonds. The zero-order valence-electron chi connectivity index (χ0n) is 16.9. The van der Waals surface area contributed by atoms with Crippen LogP contribution in [0.3, 0.4) is 0 Å². The Kier molecular flexibility index (Phi) is 9.92. The highest BCUT2D eigenvalue weighted by molar-refractivity contribution is 5.92. The number of likely N-dealkylation sites (tertiary alicyclic amines) is 1. The molecule has 0 aromatic rings. The second kappa shape index (κ2) is 11.6. The fourth-order valence-corrected chi connectivity index (χ4v) is 3.49. The summed E-state index contributed by atoms with van der Waals surface area (Å²) < 4.78 is 0. The van der Waals surface area contributed by atoms with E-state index in [1.165, 1.54) is 4.90 Å². The number of carbonyl (C=O) groups is 4. The van der Waals surface area contributed by atoms with Crippen LogP contribution < -0.4 is 10.8 Å². The lowest BCUT2D eigenvalue weighted by Crippen LogP contribution is -2.54. The topological polar surface area (TPSA) is 136 Å². The third-order valence-electron chi connectivity index (χ3n) is 5.13. The van der Waals surface area contributed by atoms with Crippen molar-refractivity contribution in [3.05, 3.63) is 0 Å². The Morgan fingerprint density at radius 3 is 2.39 bits per heavy atom. The lowest BCUT2D eigenvalue weighted by Gasteiger charge is -2.30. The Bertz CT molecular complexity index is 566. The molecule has 0 aromatic carbocycles. The summed E-state index contributed by atoms with van der Waals surface area (Å²) in [7, 11) is 0. The van der Waals surface area contributed by atoms with Crippen molar-refractivity contribution in [3.8, 4) is 0 Å². The van der Waals surface area contributed by atoms with Crippen molar-refractivity contribution in [2.24, 2.45) is 11.8 Å². The normalized spacial score (nSPS) is 18.6. The van der Waals surface area contributed by atoms with Crippen molar-refractivity contribution in [1.29, 1.82) is 0 Å². The van der Waals surface area contributed by atoms with E-state index >= 15 is 0 Å². The summed E-state index contributed by atoms with van der Waals surface area (Å²) in [6.45, 7) is 5.93. The summed E-state index contributed by atoms with van der Waals surface area (Å²) in [5, 5.41) is 20.8. The summed E-state index contributed by atoms with van der Waals surface area (Å²) >= 11 is 0. The predicted octanol–water partition coefficient (Wildman–Crippen LogP) is 1.29. The Morgan fingerprint density at radius 2 is 1.86 bits per heavy atom. The summed E-state index contributed by atoms with van der Waals surface area (Å²) in [5.41, 5.74) is 1.54. The van der Waals surface area contributed by atoms with E-state index in [1.54, 1.807) is 19.3 Å². The predicted molar refractivity (Wildman–Crippen MR) is 101 cm³/mol. The van der Waals surface area contributed by atoms with Crippen LogP contribution in [0, 0.1) is 11.8 Å². The van der Waals surface area contributed by atoms with E-state index in [4.69, 9.17) is 5.21 Å². The maximum absolute atomic E-state index is 12.9. The van der Waals surface area contributed by atoms with E-state index in [0.29, 0.717) is 25.8 Å². The Hall–Kier alpha value is -2.16. The lowest BCUT2D eigenvalue weighted by molar-refractivity contribution is -0.150. The van der Waals surface area contributed by atoms with Crippen LogP contribution in [0.2, 0.25) is 0 Å². The summed E-state index contributed by atoms with van der Waals surface area (Å²) in [5.74, 6) is -3.45. The van der Waals surface area contributed by atoms with Gasteiger partial charge in [0.15, 0.2) is 0 Å². The number of hydrogen-bond donors (Lipinski definition) is 4. The summed E-state index contributed by atoms with van der Waals surface area (Å²) in [6, 6.07) is -1.73. The molecule has 1 fully saturated rings. The van der Waals surface area contributed by atoms with Crippen LogP contribution in [0.5, 0.6) is 0 Å². The zero-order chi connectivity index (χ0) is 21.3. The number of hydroxylamine groups is 1. The number of carbonyl (C=O) groups excluding carboxylic acids is 3. The molecule has 4 N–H and O–H groups in total. The van der Waals surface area contributed by atoms with Crippen LogP contribution >= 0.6 is 0 Å². The molecule has 1 rings (SSSR count). The number of unbranched alkanes of at least 4 members (excludes halogenated alkanes) is 2. The molecule has 0 saturated carbocycles. The van der Waals surface area contributed by atoms with Gasteiger partial charge in [-0.3, -0.25) is 19.6 Å². The smallest absolute Gasteiger partial charge is 0.326 e. The molecule has 1 saturated heterocycles. The van der Waals surface area contributed by atoms with Gasteiger partial charge in [0, 0.05) is 18.9 Å². The SMILES string of the molecule is CCCCCC(CC(=O)NO)C(=O)NC(C(=O)N1CCCC1C(=O)O)C(C)C. The number of hydrogen-bond acceptors (Lipinski definition) is 5. The van der Waals surface area contributed by atoms with Crippen LogP contribution in [-0.4, -0.2) is 57.5 Å². The molecule has 1 heterocycles. The molecule has 9 nitrogen and oxygen atoms in total. The first-order chi connectivity index (χ1) is 13.2. The molecule has 1 aliphatic rings. The van der Waals surface area contributed by atoms with Gasteiger partial charge in [-0.2, -0.15) is 0 Å². The maximum Gasteiger partial charge on any atom is 0.326 e. The first-order valence-electron chi connectivity index (χ1n) is 9.99. The third kappa shape index (κ3) is 6.78. The molecular weight excluding hydrogens is 366 g/mol. The first kappa shape index (κ1) is 23.9. The van der Waals surface area contributed by atoms with E-state index in [-0.39, 0.29) is 12.3 Å². The molecule has 28 heavy (non-hydrogen) atoms. The minimum absolute atomic E-state index is 0.174. The van der Waals surface area contributed by atoms with Gasteiger partial charge >= 0.3 is 5.97 Å². The summed E-state index contributed by atoms with van der Waals surface area (Å²) in [4.78, 5) is 50.0. The fourth-order valence-electron chi connectivity index (χ4n) is 3.49. The summed E-state index contributed by atoms with van der Waals surface area (Å²) in [6.07, 6.45) is 3.92. The van der Waals surface area contributed by atoms with Crippen molar-refractivity contribution >= 4 is 23.7 Å². The van der Waals surface area contributed by atoms with Crippen LogP contribution in [-0.2, 0) is 19.2 Å². The molecule has 0 radical (unpaired) electrons. The molecule has 160 valence electrons. The van der Waals surface area contributed by atoms with Gasteiger partial charge in [-0.1, -0.05) is 40.0 Å². The average molecular weight is 399 g/mol. The van der Waals surface area contributed by atoms with E-state index in [0.717, 1.165) is 19.3 Å². The van der Waals surface area contributed by atoms with Gasteiger partial charge in [0.05, 0.1) is 0 Å². The standard InChI is InChI=1S/C19H33N3O6/c1-4-5-6-8-13(11-15(23)21-28)17(24)20-16(12(2)3)18(25)22-10-7-9-14(22)19(26)27/h12-14,16,28H,4-11H2,1-3H3,(H,20,24)(H,21,23)(H,26,27). The minimum atomic E-state index is -1.04. The number of rotatable bonds is 11. The van der Waals surface area contributed by atoms with Gasteiger partial charge < -0.3 is 15.3 Å². The van der Waals surface area contributed by atoms with E-state index < -0.39 is 41.7 Å². The van der Waals surface area contributed by atoms with Crippen molar-refractivity contribution < 1.29 is 29.5 Å².